The van der Waals surface area contributed by atoms with Crippen LogP contribution in [-0.4, -0.2) is 0 Å². The number of benzene rings is 2. The number of hydrogen-bond acceptors (Lipinski definition) is 1. The Bertz CT molecular complexity index is 529. The summed E-state index contributed by atoms with van der Waals surface area (Å²) < 4.78 is 18.6. The minimum Gasteiger partial charge on any atom is -0.489 e. The van der Waals surface area contributed by atoms with Gasteiger partial charge in [-0.15, -0.1) is 0 Å². The Morgan fingerprint density at radius 1 is 1.06 bits per heavy atom. The van der Waals surface area contributed by atoms with E-state index in [2.05, 4.69) is 0 Å². The van der Waals surface area contributed by atoms with Crippen LogP contribution in [0, 0.1) is 5.82 Å². The summed E-state index contributed by atoms with van der Waals surface area (Å²) in [6.07, 6.45) is 0. The largest absolute Gasteiger partial charge is 0.489 e. The molecule has 0 spiro atoms. The van der Waals surface area contributed by atoms with Crippen LogP contribution in [0.3, 0.4) is 0 Å². The van der Waals surface area contributed by atoms with Crippen molar-refractivity contribution in [2.75, 3.05) is 0 Å². The van der Waals surface area contributed by atoms with E-state index in [4.69, 9.17) is 27.9 Å². The summed E-state index contributed by atoms with van der Waals surface area (Å²) in [5.74, 6) is 0.201. The van der Waals surface area contributed by atoms with E-state index in [0.717, 1.165) is 0 Å². The standard InChI is InChI=1S/C13H9Cl2FO/c14-10-2-1-3-11(7-10)17-8-9-4-5-12(15)13(16)6-9/h1-7H,8H2. The summed E-state index contributed by atoms with van der Waals surface area (Å²) in [5.41, 5.74) is 0.715. The van der Waals surface area contributed by atoms with Crippen molar-refractivity contribution in [1.29, 1.82) is 0 Å². The van der Waals surface area contributed by atoms with Crippen LogP contribution in [-0.2, 0) is 6.61 Å². The molecule has 0 amide bonds. The normalized spacial score (nSPS) is 10.3. The van der Waals surface area contributed by atoms with E-state index in [1.165, 1.54) is 12.1 Å². The lowest BCUT2D eigenvalue weighted by Crippen LogP contribution is -1.96. The van der Waals surface area contributed by atoms with Crippen LogP contribution in [0.2, 0.25) is 10.0 Å². The minimum absolute atomic E-state index is 0.108. The first-order chi connectivity index (χ1) is 8.15. The van der Waals surface area contributed by atoms with Crippen LogP contribution >= 0.6 is 23.2 Å². The molecule has 0 saturated heterocycles. The highest BCUT2D eigenvalue weighted by atomic mass is 35.5. The number of ether oxygens (including phenoxy) is 1. The molecule has 0 N–H and O–H groups in total. The van der Waals surface area contributed by atoms with Gasteiger partial charge in [-0.25, -0.2) is 4.39 Å². The smallest absolute Gasteiger partial charge is 0.142 e. The lowest BCUT2D eigenvalue weighted by Gasteiger charge is -2.07. The van der Waals surface area contributed by atoms with Gasteiger partial charge in [0.05, 0.1) is 5.02 Å². The lowest BCUT2D eigenvalue weighted by molar-refractivity contribution is 0.305. The number of rotatable bonds is 3. The Kier molecular flexibility index (Phi) is 3.87. The van der Waals surface area contributed by atoms with E-state index in [9.17, 15) is 4.39 Å². The maximum atomic E-state index is 13.2. The third kappa shape index (κ3) is 3.35. The molecule has 0 aliphatic carbocycles. The zero-order chi connectivity index (χ0) is 12.3. The molecule has 0 fully saturated rings. The van der Waals surface area contributed by atoms with Gasteiger partial charge in [-0.1, -0.05) is 35.3 Å². The average Bonchev–Trinajstić information content (AvgIpc) is 2.31. The van der Waals surface area contributed by atoms with Crippen molar-refractivity contribution in [2.24, 2.45) is 0 Å². The Morgan fingerprint density at radius 2 is 1.88 bits per heavy atom. The van der Waals surface area contributed by atoms with E-state index in [1.807, 2.05) is 0 Å². The van der Waals surface area contributed by atoms with E-state index >= 15 is 0 Å². The Morgan fingerprint density at radius 3 is 2.59 bits per heavy atom. The van der Waals surface area contributed by atoms with Gasteiger partial charge >= 0.3 is 0 Å². The molecule has 0 bridgehead atoms. The molecule has 2 rings (SSSR count). The van der Waals surface area contributed by atoms with E-state index < -0.39 is 5.82 Å². The van der Waals surface area contributed by atoms with Crippen molar-refractivity contribution in [3.63, 3.8) is 0 Å². The summed E-state index contributed by atoms with van der Waals surface area (Å²) in [6.45, 7) is 0.272. The second kappa shape index (κ2) is 5.39. The third-order valence-electron chi connectivity index (χ3n) is 2.19. The first kappa shape index (κ1) is 12.2. The van der Waals surface area contributed by atoms with Gasteiger partial charge in [-0.3, -0.25) is 0 Å². The van der Waals surface area contributed by atoms with Crippen LogP contribution in [0.1, 0.15) is 5.56 Å². The second-order valence-electron chi connectivity index (χ2n) is 3.49. The molecule has 17 heavy (non-hydrogen) atoms. The quantitative estimate of drug-likeness (QED) is 0.785. The third-order valence-corrected chi connectivity index (χ3v) is 2.73. The predicted molar refractivity (Wildman–Crippen MR) is 67.2 cm³/mol. The topological polar surface area (TPSA) is 9.23 Å². The Balaban J connectivity index is 2.05. The Labute approximate surface area is 109 Å². The van der Waals surface area contributed by atoms with E-state index in [-0.39, 0.29) is 11.6 Å². The van der Waals surface area contributed by atoms with Crippen molar-refractivity contribution in [3.8, 4) is 5.75 Å². The molecule has 0 radical (unpaired) electrons. The van der Waals surface area contributed by atoms with Crippen molar-refractivity contribution in [1.82, 2.24) is 0 Å². The summed E-state index contributed by atoms with van der Waals surface area (Å²) in [6, 6.07) is 11.6. The molecule has 88 valence electrons. The average molecular weight is 271 g/mol. The molecule has 4 heteroatoms. The SMILES string of the molecule is Fc1cc(COc2cccc(Cl)c2)ccc1Cl. The highest BCUT2D eigenvalue weighted by Gasteiger charge is 2.02. The van der Waals surface area contributed by atoms with E-state index in [1.54, 1.807) is 30.3 Å². The molecule has 0 heterocycles. The fraction of sp³-hybridized carbons (Fsp3) is 0.0769. The maximum Gasteiger partial charge on any atom is 0.142 e. The molecule has 2 aromatic rings. The molecule has 0 aromatic heterocycles. The van der Waals surface area contributed by atoms with Crippen LogP contribution in [0.15, 0.2) is 42.5 Å². The zero-order valence-corrected chi connectivity index (χ0v) is 10.3. The summed E-state index contributed by atoms with van der Waals surface area (Å²) in [7, 11) is 0. The van der Waals surface area contributed by atoms with Gasteiger partial charge in [-0.2, -0.15) is 0 Å². The fourth-order valence-electron chi connectivity index (χ4n) is 1.35. The van der Waals surface area contributed by atoms with Gasteiger partial charge in [0.25, 0.3) is 0 Å². The minimum atomic E-state index is -0.445. The van der Waals surface area contributed by atoms with Gasteiger partial charge in [0.1, 0.15) is 18.2 Å². The fourth-order valence-corrected chi connectivity index (χ4v) is 1.65. The van der Waals surface area contributed by atoms with Crippen molar-refractivity contribution >= 4 is 23.2 Å². The van der Waals surface area contributed by atoms with E-state index in [0.29, 0.717) is 16.3 Å². The van der Waals surface area contributed by atoms with Crippen LogP contribution in [0.25, 0.3) is 0 Å². The number of hydrogen-bond donors (Lipinski definition) is 0. The summed E-state index contributed by atoms with van der Waals surface area (Å²) >= 11 is 11.4. The molecule has 0 atom stereocenters. The van der Waals surface area contributed by atoms with Crippen LogP contribution < -0.4 is 4.74 Å². The predicted octanol–water partition coefficient (Wildman–Crippen LogP) is 4.71. The van der Waals surface area contributed by atoms with Gasteiger partial charge in [0, 0.05) is 5.02 Å². The highest BCUT2D eigenvalue weighted by molar-refractivity contribution is 6.31. The van der Waals surface area contributed by atoms with Gasteiger partial charge in [0.2, 0.25) is 0 Å². The van der Waals surface area contributed by atoms with Crippen molar-refractivity contribution in [2.45, 2.75) is 6.61 Å². The Hall–Kier alpha value is -1.25. The van der Waals surface area contributed by atoms with Crippen LogP contribution in [0.5, 0.6) is 5.75 Å². The monoisotopic (exact) mass is 270 g/mol. The van der Waals surface area contributed by atoms with Gasteiger partial charge < -0.3 is 4.74 Å². The summed E-state index contributed by atoms with van der Waals surface area (Å²) in [4.78, 5) is 0. The molecule has 1 nitrogen and oxygen atoms in total. The van der Waals surface area contributed by atoms with Gasteiger partial charge in [0.15, 0.2) is 0 Å². The molecule has 0 unspecified atom stereocenters. The van der Waals surface area contributed by atoms with Crippen LogP contribution in [0.4, 0.5) is 4.39 Å². The first-order valence-corrected chi connectivity index (χ1v) is 5.73. The van der Waals surface area contributed by atoms with Crippen molar-refractivity contribution in [3.05, 3.63) is 63.9 Å². The first-order valence-electron chi connectivity index (χ1n) is 4.97. The molecular formula is C13H9Cl2FO. The summed E-state index contributed by atoms with van der Waals surface area (Å²) in [5, 5.41) is 0.710. The second-order valence-corrected chi connectivity index (χ2v) is 4.34. The highest BCUT2D eigenvalue weighted by Crippen LogP contribution is 2.20. The zero-order valence-electron chi connectivity index (χ0n) is 8.79. The van der Waals surface area contributed by atoms with Gasteiger partial charge in [-0.05, 0) is 35.9 Å². The van der Waals surface area contributed by atoms with Crippen molar-refractivity contribution < 1.29 is 9.13 Å². The molecule has 0 aliphatic heterocycles. The molecule has 0 saturated carbocycles. The number of halogens is 3. The molecular weight excluding hydrogens is 262 g/mol. The lowest BCUT2D eigenvalue weighted by atomic mass is 10.2. The molecule has 2 aromatic carbocycles. The maximum absolute atomic E-state index is 13.2. The molecule has 0 aliphatic rings.